The molecule has 1 aliphatic heterocycles. The molecule has 3 N–H and O–H groups in total. The van der Waals surface area contributed by atoms with Gasteiger partial charge >= 0.3 is 0 Å². The van der Waals surface area contributed by atoms with Crippen molar-refractivity contribution in [1.82, 2.24) is 10.2 Å². The number of hydrogen-bond acceptors (Lipinski definition) is 3. The van der Waals surface area contributed by atoms with Gasteiger partial charge in [0.15, 0.2) is 0 Å². The minimum Gasteiger partial charge on any atom is -0.399 e. The Morgan fingerprint density at radius 2 is 2.15 bits per heavy atom. The van der Waals surface area contributed by atoms with Gasteiger partial charge in [-0.15, -0.1) is 12.4 Å². The molecular formula is C14H20ClN3O2. The van der Waals surface area contributed by atoms with E-state index >= 15 is 0 Å². The lowest BCUT2D eigenvalue weighted by Crippen LogP contribution is -2.59. The summed E-state index contributed by atoms with van der Waals surface area (Å²) in [6.07, 6.45) is 0. The van der Waals surface area contributed by atoms with Gasteiger partial charge < -0.3 is 16.0 Å². The van der Waals surface area contributed by atoms with E-state index in [0.717, 1.165) is 0 Å². The smallest absolute Gasteiger partial charge is 0.254 e. The molecule has 1 heterocycles. The number of nitrogens with two attached hydrogens (primary N) is 1. The number of nitrogens with zero attached hydrogens (tertiary/aromatic N) is 1. The number of amides is 2. The molecule has 1 fully saturated rings. The molecule has 0 saturated carbocycles. The molecule has 5 nitrogen and oxygen atoms in total. The van der Waals surface area contributed by atoms with Crippen molar-refractivity contribution in [3.05, 3.63) is 29.8 Å². The van der Waals surface area contributed by atoms with Crippen LogP contribution in [0.1, 0.15) is 24.2 Å². The molecule has 0 aromatic heterocycles. The maximum absolute atomic E-state index is 12.5. The summed E-state index contributed by atoms with van der Waals surface area (Å²) < 4.78 is 0. The maximum Gasteiger partial charge on any atom is 0.254 e. The number of carbonyl (C=O) groups excluding carboxylic acids is 2. The lowest BCUT2D eigenvalue weighted by atomic mass is 9.98. The van der Waals surface area contributed by atoms with Gasteiger partial charge in [0, 0.05) is 24.3 Å². The van der Waals surface area contributed by atoms with E-state index in [2.05, 4.69) is 5.32 Å². The van der Waals surface area contributed by atoms with Gasteiger partial charge in [-0.05, 0) is 24.1 Å². The molecule has 1 aromatic rings. The summed E-state index contributed by atoms with van der Waals surface area (Å²) in [4.78, 5) is 26.1. The normalized spacial score (nSPS) is 18.4. The maximum atomic E-state index is 12.5. The summed E-state index contributed by atoms with van der Waals surface area (Å²) in [5.74, 6) is -0.148. The average molecular weight is 298 g/mol. The number of rotatable bonds is 2. The van der Waals surface area contributed by atoms with Gasteiger partial charge in [-0.2, -0.15) is 0 Å². The summed E-state index contributed by atoms with van der Waals surface area (Å²) in [7, 11) is 0. The van der Waals surface area contributed by atoms with E-state index in [9.17, 15) is 9.59 Å². The molecule has 1 unspecified atom stereocenters. The monoisotopic (exact) mass is 297 g/mol. The molecule has 1 aliphatic rings. The molecular weight excluding hydrogens is 278 g/mol. The van der Waals surface area contributed by atoms with Gasteiger partial charge in [-0.1, -0.05) is 19.9 Å². The van der Waals surface area contributed by atoms with Crippen LogP contribution in [0.5, 0.6) is 0 Å². The largest absolute Gasteiger partial charge is 0.399 e. The Morgan fingerprint density at radius 3 is 2.75 bits per heavy atom. The fourth-order valence-corrected chi connectivity index (χ4v) is 2.41. The Bertz CT molecular complexity index is 505. The highest BCUT2D eigenvalue weighted by Crippen LogP contribution is 2.18. The minimum absolute atomic E-state index is 0. The second-order valence-electron chi connectivity index (χ2n) is 5.10. The van der Waals surface area contributed by atoms with Gasteiger partial charge in [-0.3, -0.25) is 9.59 Å². The number of benzene rings is 1. The molecule has 6 heteroatoms. The number of nitrogens with one attached hydrogen (secondary N) is 1. The van der Waals surface area contributed by atoms with Crippen LogP contribution < -0.4 is 11.1 Å². The molecule has 2 amide bonds. The van der Waals surface area contributed by atoms with Crippen LogP contribution in [-0.4, -0.2) is 35.8 Å². The molecule has 1 saturated heterocycles. The fourth-order valence-electron chi connectivity index (χ4n) is 2.41. The lowest BCUT2D eigenvalue weighted by molar-refractivity contribution is -0.129. The second-order valence-corrected chi connectivity index (χ2v) is 5.10. The van der Waals surface area contributed by atoms with E-state index in [1.165, 1.54) is 0 Å². The second kappa shape index (κ2) is 6.61. The van der Waals surface area contributed by atoms with E-state index in [4.69, 9.17) is 5.73 Å². The van der Waals surface area contributed by atoms with Gasteiger partial charge in [0.05, 0.1) is 0 Å². The fraction of sp³-hybridized carbons (Fsp3) is 0.429. The predicted molar refractivity (Wildman–Crippen MR) is 80.8 cm³/mol. The van der Waals surface area contributed by atoms with Crippen LogP contribution in [0.25, 0.3) is 0 Å². The van der Waals surface area contributed by atoms with Crippen molar-refractivity contribution in [3.8, 4) is 0 Å². The molecule has 20 heavy (non-hydrogen) atoms. The van der Waals surface area contributed by atoms with Crippen LogP contribution in [0.15, 0.2) is 24.3 Å². The van der Waals surface area contributed by atoms with Crippen molar-refractivity contribution in [2.24, 2.45) is 5.92 Å². The minimum atomic E-state index is -0.414. The third kappa shape index (κ3) is 3.22. The van der Waals surface area contributed by atoms with Crippen molar-refractivity contribution >= 4 is 29.9 Å². The number of piperazine rings is 1. The highest BCUT2D eigenvalue weighted by molar-refractivity contribution is 5.98. The van der Waals surface area contributed by atoms with Crippen LogP contribution in [0.3, 0.4) is 0 Å². The topological polar surface area (TPSA) is 75.4 Å². The first-order valence-corrected chi connectivity index (χ1v) is 6.45. The van der Waals surface area contributed by atoms with E-state index in [0.29, 0.717) is 24.3 Å². The molecule has 0 bridgehead atoms. The van der Waals surface area contributed by atoms with Gasteiger partial charge in [-0.25, -0.2) is 0 Å². The van der Waals surface area contributed by atoms with Gasteiger partial charge in [0.2, 0.25) is 5.91 Å². The summed E-state index contributed by atoms with van der Waals surface area (Å²) in [5, 5.41) is 2.80. The highest BCUT2D eigenvalue weighted by Gasteiger charge is 2.35. The average Bonchev–Trinajstić information content (AvgIpc) is 2.37. The Labute approximate surface area is 124 Å². The summed E-state index contributed by atoms with van der Waals surface area (Å²) in [6.45, 7) is 4.91. The molecule has 1 aromatic carbocycles. The van der Waals surface area contributed by atoms with Crippen LogP contribution in [0.4, 0.5) is 5.69 Å². The number of hydrogen-bond donors (Lipinski definition) is 2. The first-order chi connectivity index (χ1) is 9.00. The van der Waals surface area contributed by atoms with E-state index < -0.39 is 6.04 Å². The van der Waals surface area contributed by atoms with Gasteiger partial charge in [0.1, 0.15) is 6.04 Å². The van der Waals surface area contributed by atoms with Crippen molar-refractivity contribution in [2.45, 2.75) is 19.9 Å². The van der Waals surface area contributed by atoms with Crippen LogP contribution in [0, 0.1) is 5.92 Å². The molecule has 110 valence electrons. The molecule has 0 aliphatic carbocycles. The first kappa shape index (κ1) is 16.3. The van der Waals surface area contributed by atoms with Crippen LogP contribution in [-0.2, 0) is 4.79 Å². The van der Waals surface area contributed by atoms with E-state index in [1.54, 1.807) is 29.2 Å². The SMILES string of the molecule is CC(C)C1C(=O)NCCN1C(=O)c1cccc(N)c1.Cl. The Morgan fingerprint density at radius 1 is 1.45 bits per heavy atom. The van der Waals surface area contributed by atoms with Crippen molar-refractivity contribution in [1.29, 1.82) is 0 Å². The van der Waals surface area contributed by atoms with Crippen LogP contribution in [0.2, 0.25) is 0 Å². The Balaban J connectivity index is 0.00000200. The summed E-state index contributed by atoms with van der Waals surface area (Å²) in [6, 6.07) is 6.44. The van der Waals surface area contributed by atoms with Crippen molar-refractivity contribution < 1.29 is 9.59 Å². The van der Waals surface area contributed by atoms with Crippen molar-refractivity contribution in [2.75, 3.05) is 18.8 Å². The summed E-state index contributed by atoms with van der Waals surface area (Å²) >= 11 is 0. The van der Waals surface area contributed by atoms with E-state index in [1.807, 2.05) is 13.8 Å². The molecule has 2 rings (SSSR count). The first-order valence-electron chi connectivity index (χ1n) is 6.45. The number of anilines is 1. The molecule has 0 radical (unpaired) electrons. The quantitative estimate of drug-likeness (QED) is 0.808. The van der Waals surface area contributed by atoms with E-state index in [-0.39, 0.29) is 30.1 Å². The molecule has 1 atom stereocenters. The number of nitrogen functional groups attached to an aromatic ring is 1. The van der Waals surface area contributed by atoms with Gasteiger partial charge in [0.25, 0.3) is 5.91 Å². The zero-order valence-corrected chi connectivity index (χ0v) is 12.4. The third-order valence-corrected chi connectivity index (χ3v) is 3.28. The molecule has 0 spiro atoms. The van der Waals surface area contributed by atoms with Crippen LogP contribution >= 0.6 is 12.4 Å². The summed E-state index contributed by atoms with van der Waals surface area (Å²) in [5.41, 5.74) is 6.78. The zero-order valence-electron chi connectivity index (χ0n) is 11.6. The standard InChI is InChI=1S/C14H19N3O2.ClH/c1-9(2)12-13(18)16-6-7-17(12)14(19)10-4-3-5-11(15)8-10;/h3-5,8-9,12H,6-7,15H2,1-2H3,(H,16,18);1H. The predicted octanol–water partition coefficient (Wildman–Crippen LogP) is 1.29. The Hall–Kier alpha value is -1.75. The lowest BCUT2D eigenvalue weighted by Gasteiger charge is -2.37. The Kier molecular flexibility index (Phi) is 5.39. The van der Waals surface area contributed by atoms with Crippen molar-refractivity contribution in [3.63, 3.8) is 0 Å². The number of halogens is 1. The number of carbonyl (C=O) groups is 2. The third-order valence-electron chi connectivity index (χ3n) is 3.28. The highest BCUT2D eigenvalue weighted by atomic mass is 35.5. The zero-order chi connectivity index (χ0) is 14.0.